The zero-order valence-corrected chi connectivity index (χ0v) is 7.54. The van der Waals surface area contributed by atoms with E-state index in [9.17, 15) is 4.57 Å². The predicted molar refractivity (Wildman–Crippen MR) is 59.5 cm³/mol. The van der Waals surface area contributed by atoms with E-state index in [0.717, 1.165) is 0 Å². The Labute approximate surface area is 83.2 Å². The van der Waals surface area contributed by atoms with Crippen LogP contribution in [0.5, 0.6) is 5.75 Å². The van der Waals surface area contributed by atoms with Crippen LogP contribution in [-0.4, -0.2) is 0 Å². The summed E-state index contributed by atoms with van der Waals surface area (Å²) in [6.45, 7) is 4.00. The van der Waals surface area contributed by atoms with Gasteiger partial charge in [-0.1, -0.05) is 46.9 Å². The summed E-state index contributed by atoms with van der Waals surface area (Å²) in [5.41, 5.74) is 0. The van der Waals surface area contributed by atoms with E-state index in [1.54, 1.807) is 12.1 Å². The van der Waals surface area contributed by atoms with Gasteiger partial charge < -0.3 is 4.52 Å². The van der Waals surface area contributed by atoms with Gasteiger partial charge in [-0.15, -0.1) is 0 Å². The molecule has 0 aliphatic rings. The maximum Gasteiger partial charge on any atom is 0.395 e. The first-order valence-electron chi connectivity index (χ1n) is 3.48. The lowest BCUT2D eigenvalue weighted by Gasteiger charge is -1.90. The summed E-state index contributed by atoms with van der Waals surface area (Å²) < 4.78 is 14.5. The van der Waals surface area contributed by atoms with Gasteiger partial charge in [0.1, 0.15) is 5.75 Å². The number of rotatable bonds is 2. The van der Waals surface area contributed by atoms with Gasteiger partial charge in [-0.3, -0.25) is 0 Å². The normalized spacial score (nSPS) is 6.92. The van der Waals surface area contributed by atoms with Gasteiger partial charge >= 0.3 is 8.69 Å². The number of hydrogen-bond acceptors (Lipinski definition) is 2. The van der Waals surface area contributed by atoms with E-state index >= 15 is 0 Å². The number of hydrogen-bond donors (Lipinski definition) is 0. The molecular formula is C10H19O2P. The average molecular weight is 202 g/mol. The largest absolute Gasteiger partial charge is 0.408 e. The van der Waals surface area contributed by atoms with Gasteiger partial charge in [0.25, 0.3) is 0 Å². The summed E-state index contributed by atoms with van der Waals surface area (Å²) in [4.78, 5) is 0. The lowest BCUT2D eigenvalue weighted by Crippen LogP contribution is -1.70. The minimum atomic E-state index is -0.305. The van der Waals surface area contributed by atoms with E-state index in [-0.39, 0.29) is 23.5 Å². The summed E-state index contributed by atoms with van der Waals surface area (Å²) in [5.74, 6) is 0.620. The minimum Gasteiger partial charge on any atom is -0.408 e. The molecule has 2 nitrogen and oxygen atoms in total. The molecule has 3 heteroatoms. The molecule has 0 saturated heterocycles. The summed E-state index contributed by atoms with van der Waals surface area (Å²) in [5, 5.41) is 0. The van der Waals surface area contributed by atoms with Crippen molar-refractivity contribution in [3.63, 3.8) is 0 Å². The van der Waals surface area contributed by atoms with Gasteiger partial charge in [-0.2, -0.15) is 0 Å². The average Bonchev–Trinajstić information content (AvgIpc) is 2.11. The van der Waals surface area contributed by atoms with Crippen LogP contribution in [0.2, 0.25) is 0 Å². The highest BCUT2D eigenvalue weighted by atomic mass is 31.1. The zero-order chi connectivity index (χ0) is 8.53. The molecule has 0 aliphatic heterocycles. The van der Waals surface area contributed by atoms with E-state index in [1.165, 1.54) is 0 Å². The van der Waals surface area contributed by atoms with Crippen molar-refractivity contribution in [2.75, 3.05) is 0 Å². The number of benzene rings is 1. The van der Waals surface area contributed by atoms with Gasteiger partial charge in [-0.05, 0) is 12.1 Å². The summed E-state index contributed by atoms with van der Waals surface area (Å²) in [6, 6.07) is 8.99. The smallest absolute Gasteiger partial charge is 0.395 e. The third-order valence-electron chi connectivity index (χ3n) is 0.886. The lowest BCUT2D eigenvalue weighted by molar-refractivity contribution is 0.525. The van der Waals surface area contributed by atoms with Crippen LogP contribution in [0.25, 0.3) is 0 Å². The molecule has 0 amide bonds. The molecule has 76 valence electrons. The third-order valence-corrected chi connectivity index (χ3v) is 1.17. The predicted octanol–water partition coefficient (Wildman–Crippen LogP) is 4.57. The van der Waals surface area contributed by atoms with Crippen molar-refractivity contribution < 1.29 is 9.09 Å². The Hall–Kier alpha value is -0.880. The van der Waals surface area contributed by atoms with E-state index in [4.69, 9.17) is 0 Å². The molecule has 13 heavy (non-hydrogen) atoms. The fourth-order valence-electron chi connectivity index (χ4n) is 0.524. The van der Waals surface area contributed by atoms with E-state index < -0.39 is 0 Å². The van der Waals surface area contributed by atoms with Crippen molar-refractivity contribution >= 4 is 8.69 Å². The fourth-order valence-corrected chi connectivity index (χ4v) is 0.732. The van der Waals surface area contributed by atoms with Crippen molar-refractivity contribution in [3.05, 3.63) is 30.3 Å². The Balaban J connectivity index is -0.000000234. The molecular weight excluding hydrogens is 183 g/mol. The Kier molecular flexibility index (Phi) is 19.0. The second kappa shape index (κ2) is 13.7. The molecule has 0 heterocycles. The van der Waals surface area contributed by atoms with Crippen LogP contribution in [0.4, 0.5) is 0 Å². The Morgan fingerprint density at radius 1 is 1.08 bits per heavy atom. The molecule has 0 aliphatic carbocycles. The first-order chi connectivity index (χ1) is 5.43. The van der Waals surface area contributed by atoms with Crippen LogP contribution in [0.3, 0.4) is 0 Å². The van der Waals surface area contributed by atoms with Crippen LogP contribution < -0.4 is 4.52 Å². The highest BCUT2D eigenvalue weighted by molar-refractivity contribution is 7.17. The van der Waals surface area contributed by atoms with Crippen molar-refractivity contribution in [1.82, 2.24) is 0 Å². The highest BCUT2D eigenvalue weighted by Gasteiger charge is 1.85. The van der Waals surface area contributed by atoms with Gasteiger partial charge in [-0.25, -0.2) is 4.57 Å². The van der Waals surface area contributed by atoms with Gasteiger partial charge in [0.2, 0.25) is 0 Å². The third kappa shape index (κ3) is 9.03. The summed E-state index contributed by atoms with van der Waals surface area (Å²) in [7, 11) is -0.305. The van der Waals surface area contributed by atoms with Gasteiger partial charge in [0.05, 0.1) is 0 Å². The molecule has 0 fully saturated rings. The van der Waals surface area contributed by atoms with Crippen molar-refractivity contribution in [2.45, 2.75) is 28.7 Å². The second-order valence-corrected chi connectivity index (χ2v) is 1.81. The Morgan fingerprint density at radius 2 is 1.54 bits per heavy atom. The first kappa shape index (κ1) is 18.0. The molecule has 1 aromatic carbocycles. The highest BCUT2D eigenvalue weighted by Crippen LogP contribution is 2.12. The maximum absolute atomic E-state index is 9.85. The monoisotopic (exact) mass is 202 g/mol. The molecule has 0 aromatic heterocycles. The topological polar surface area (TPSA) is 26.3 Å². The quantitative estimate of drug-likeness (QED) is 0.656. The zero-order valence-electron chi connectivity index (χ0n) is 6.65. The van der Waals surface area contributed by atoms with Crippen LogP contribution in [0.15, 0.2) is 30.3 Å². The molecule has 1 rings (SSSR count). The van der Waals surface area contributed by atoms with E-state index in [2.05, 4.69) is 4.52 Å². The molecule has 0 bridgehead atoms. The minimum absolute atomic E-state index is 0. The van der Waals surface area contributed by atoms with Gasteiger partial charge in [0, 0.05) is 0 Å². The molecule has 1 aromatic rings. The van der Waals surface area contributed by atoms with Crippen molar-refractivity contribution in [1.29, 1.82) is 0 Å². The summed E-state index contributed by atoms with van der Waals surface area (Å²) >= 11 is 0. The van der Waals surface area contributed by atoms with Crippen molar-refractivity contribution in [2.24, 2.45) is 0 Å². The Bertz CT molecular complexity index is 187. The van der Waals surface area contributed by atoms with Crippen molar-refractivity contribution in [3.8, 4) is 5.75 Å². The SMILES string of the molecule is C.C.CC.O=POc1ccccc1. The standard InChI is InChI=1S/C6H5O2P.C2H6.2CH4/c7-9-8-6-4-2-1-3-5-6;1-2;;/h1-5H;1-2H3;2*1H4. The molecule has 0 atom stereocenters. The maximum atomic E-state index is 9.85. The molecule has 0 spiro atoms. The Morgan fingerprint density at radius 3 is 1.92 bits per heavy atom. The summed E-state index contributed by atoms with van der Waals surface area (Å²) in [6.07, 6.45) is 0. The molecule has 0 N–H and O–H groups in total. The van der Waals surface area contributed by atoms with Crippen LogP contribution >= 0.6 is 8.69 Å². The van der Waals surface area contributed by atoms with Crippen LogP contribution in [-0.2, 0) is 4.57 Å². The molecule has 0 unspecified atom stereocenters. The van der Waals surface area contributed by atoms with Gasteiger partial charge in [0.15, 0.2) is 0 Å². The second-order valence-electron chi connectivity index (χ2n) is 1.48. The first-order valence-corrected chi connectivity index (χ1v) is 4.21. The number of para-hydroxylation sites is 1. The molecule has 0 saturated carbocycles. The lowest BCUT2D eigenvalue weighted by atomic mass is 10.3. The molecule has 0 radical (unpaired) electrons. The van der Waals surface area contributed by atoms with Crippen LogP contribution in [0, 0.1) is 0 Å². The van der Waals surface area contributed by atoms with E-state index in [1.807, 2.05) is 32.0 Å². The van der Waals surface area contributed by atoms with Crippen LogP contribution in [0.1, 0.15) is 28.7 Å². The van der Waals surface area contributed by atoms with E-state index in [0.29, 0.717) is 5.75 Å². The fraction of sp³-hybridized carbons (Fsp3) is 0.400.